The van der Waals surface area contributed by atoms with Crippen LogP contribution in [0.15, 0.2) is 12.1 Å². The summed E-state index contributed by atoms with van der Waals surface area (Å²) in [4.78, 5) is 5.88. The van der Waals surface area contributed by atoms with Crippen molar-refractivity contribution < 1.29 is 5.11 Å². The van der Waals surface area contributed by atoms with Crippen LogP contribution in [0.5, 0.6) is 0 Å². The smallest absolute Gasteiger partial charge is 0.0932 e. The lowest BCUT2D eigenvalue weighted by Gasteiger charge is -2.34. The number of hydrogen-bond acceptors (Lipinski definition) is 4. The van der Waals surface area contributed by atoms with Gasteiger partial charge >= 0.3 is 0 Å². The van der Waals surface area contributed by atoms with Crippen LogP contribution in [-0.2, 0) is 0 Å². The molecule has 1 fully saturated rings. The largest absolute Gasteiger partial charge is 0.388 e. The summed E-state index contributed by atoms with van der Waals surface area (Å²) in [6, 6.07) is 3.78. The molecule has 1 atom stereocenters. The van der Waals surface area contributed by atoms with Gasteiger partial charge in [-0.05, 0) is 25.1 Å². The molecule has 1 N–H and O–H groups in total. The maximum Gasteiger partial charge on any atom is 0.0932 e. The lowest BCUT2D eigenvalue weighted by Crippen LogP contribution is -2.46. The maximum absolute atomic E-state index is 10.1. The van der Waals surface area contributed by atoms with E-state index in [0.717, 1.165) is 54.9 Å². The molecule has 18 heavy (non-hydrogen) atoms. The second-order valence-corrected chi connectivity index (χ2v) is 6.47. The molecule has 1 aromatic rings. The molecule has 2 rings (SSSR count). The molecule has 1 unspecified atom stereocenters. The summed E-state index contributed by atoms with van der Waals surface area (Å²) in [7, 11) is 0. The predicted octanol–water partition coefficient (Wildman–Crippen LogP) is 2.46. The van der Waals surface area contributed by atoms with Gasteiger partial charge in [-0.3, -0.25) is 0 Å². The highest BCUT2D eigenvalue weighted by Crippen LogP contribution is 2.28. The van der Waals surface area contributed by atoms with Crippen molar-refractivity contribution in [3.05, 3.63) is 21.3 Å². The molecule has 0 aliphatic carbocycles. The van der Waals surface area contributed by atoms with Crippen molar-refractivity contribution in [2.24, 2.45) is 0 Å². The predicted molar refractivity (Wildman–Crippen MR) is 77.5 cm³/mol. The van der Waals surface area contributed by atoms with Gasteiger partial charge < -0.3 is 14.9 Å². The van der Waals surface area contributed by atoms with Gasteiger partial charge in [-0.1, -0.05) is 18.5 Å². The van der Waals surface area contributed by atoms with E-state index in [-0.39, 0.29) is 6.10 Å². The highest BCUT2D eigenvalue weighted by molar-refractivity contribution is 7.16. The minimum Gasteiger partial charge on any atom is -0.388 e. The zero-order valence-electron chi connectivity index (χ0n) is 10.8. The van der Waals surface area contributed by atoms with Gasteiger partial charge in [0.05, 0.1) is 10.4 Å². The summed E-state index contributed by atoms with van der Waals surface area (Å²) in [6.45, 7) is 8.85. The zero-order chi connectivity index (χ0) is 13.0. The molecule has 0 aromatic carbocycles. The van der Waals surface area contributed by atoms with Crippen molar-refractivity contribution in [3.63, 3.8) is 0 Å². The van der Waals surface area contributed by atoms with E-state index in [1.165, 1.54) is 11.3 Å². The number of rotatable bonds is 5. The second-order valence-electron chi connectivity index (χ2n) is 4.72. The van der Waals surface area contributed by atoms with Crippen LogP contribution in [0.1, 0.15) is 24.3 Å². The third-order valence-corrected chi connectivity index (χ3v) is 4.89. The molecular weight excluding hydrogens is 268 g/mol. The Kier molecular flexibility index (Phi) is 5.45. The first-order chi connectivity index (χ1) is 8.69. The van der Waals surface area contributed by atoms with E-state index in [4.69, 9.17) is 11.6 Å². The first-order valence-electron chi connectivity index (χ1n) is 6.57. The van der Waals surface area contributed by atoms with E-state index in [2.05, 4.69) is 16.7 Å². The number of piperazine rings is 1. The Morgan fingerprint density at radius 3 is 2.50 bits per heavy atom. The maximum atomic E-state index is 10.1. The van der Waals surface area contributed by atoms with Gasteiger partial charge in [0.15, 0.2) is 0 Å². The molecular formula is C13H21ClN2OS. The normalized spacial score (nSPS) is 20.2. The lowest BCUT2D eigenvalue weighted by atomic mass is 10.2. The standard InChI is InChI=1S/C13H21ClN2OS/c1-2-15-7-9-16(10-8-15)6-5-11(17)12-3-4-13(14)18-12/h3-4,11,17H,2,5-10H2,1H3. The number of halogens is 1. The number of likely N-dealkylation sites (N-methyl/N-ethyl adjacent to an activating group) is 1. The fraction of sp³-hybridized carbons (Fsp3) is 0.692. The summed E-state index contributed by atoms with van der Waals surface area (Å²) in [5.41, 5.74) is 0. The van der Waals surface area contributed by atoms with Crippen molar-refractivity contribution in [1.82, 2.24) is 9.80 Å². The summed E-state index contributed by atoms with van der Waals surface area (Å²) < 4.78 is 0.751. The van der Waals surface area contributed by atoms with Gasteiger partial charge in [0.2, 0.25) is 0 Å². The lowest BCUT2D eigenvalue weighted by molar-refractivity contribution is 0.106. The Balaban J connectivity index is 1.72. The van der Waals surface area contributed by atoms with E-state index in [1.54, 1.807) is 0 Å². The van der Waals surface area contributed by atoms with Crippen molar-refractivity contribution in [1.29, 1.82) is 0 Å². The first-order valence-corrected chi connectivity index (χ1v) is 7.76. The third-order valence-electron chi connectivity index (χ3n) is 3.55. The Labute approximate surface area is 118 Å². The summed E-state index contributed by atoms with van der Waals surface area (Å²) in [5.74, 6) is 0. The van der Waals surface area contributed by atoms with Crippen LogP contribution in [0.2, 0.25) is 4.34 Å². The van der Waals surface area contributed by atoms with Crippen LogP contribution in [0.3, 0.4) is 0 Å². The highest BCUT2D eigenvalue weighted by Gasteiger charge is 2.17. The minimum absolute atomic E-state index is 0.369. The van der Waals surface area contributed by atoms with Crippen LogP contribution < -0.4 is 0 Å². The first kappa shape index (κ1) is 14.3. The number of nitrogens with zero attached hydrogens (tertiary/aromatic N) is 2. The molecule has 0 radical (unpaired) electrons. The molecule has 1 aromatic heterocycles. The average molecular weight is 289 g/mol. The minimum atomic E-state index is -0.369. The van der Waals surface area contributed by atoms with Crippen molar-refractivity contribution in [2.75, 3.05) is 39.3 Å². The van der Waals surface area contributed by atoms with Crippen LogP contribution in [0, 0.1) is 0 Å². The molecule has 0 bridgehead atoms. The Morgan fingerprint density at radius 1 is 1.28 bits per heavy atom. The fourth-order valence-electron chi connectivity index (χ4n) is 2.28. The molecule has 1 saturated heterocycles. The van der Waals surface area contributed by atoms with Crippen LogP contribution in [0.4, 0.5) is 0 Å². The molecule has 1 aliphatic heterocycles. The van der Waals surface area contributed by atoms with Gasteiger partial charge in [0.1, 0.15) is 0 Å². The van der Waals surface area contributed by atoms with Crippen molar-refractivity contribution in [3.8, 4) is 0 Å². The van der Waals surface area contributed by atoms with Crippen molar-refractivity contribution >= 4 is 22.9 Å². The Bertz CT molecular complexity index is 364. The summed E-state index contributed by atoms with van der Waals surface area (Å²) in [5, 5.41) is 10.1. The molecule has 5 heteroatoms. The molecule has 1 aliphatic rings. The quantitative estimate of drug-likeness (QED) is 0.902. The molecule has 2 heterocycles. The van der Waals surface area contributed by atoms with Gasteiger partial charge in [-0.25, -0.2) is 0 Å². The van der Waals surface area contributed by atoms with Crippen LogP contribution in [0.25, 0.3) is 0 Å². The monoisotopic (exact) mass is 288 g/mol. The van der Waals surface area contributed by atoms with E-state index in [1.807, 2.05) is 12.1 Å². The molecule has 3 nitrogen and oxygen atoms in total. The Hall–Kier alpha value is -0.130. The fourth-order valence-corrected chi connectivity index (χ4v) is 3.37. The molecule has 102 valence electrons. The molecule has 0 amide bonds. The van der Waals surface area contributed by atoms with Gasteiger partial charge in [0.25, 0.3) is 0 Å². The van der Waals surface area contributed by atoms with E-state index in [9.17, 15) is 5.11 Å². The van der Waals surface area contributed by atoms with Crippen molar-refractivity contribution in [2.45, 2.75) is 19.4 Å². The Morgan fingerprint density at radius 2 is 1.94 bits per heavy atom. The number of hydrogen-bond donors (Lipinski definition) is 1. The third kappa shape index (κ3) is 3.93. The van der Waals surface area contributed by atoms with Gasteiger partial charge in [-0.15, -0.1) is 11.3 Å². The second kappa shape index (κ2) is 6.87. The van der Waals surface area contributed by atoms with E-state index >= 15 is 0 Å². The van der Waals surface area contributed by atoms with E-state index in [0.29, 0.717) is 0 Å². The van der Waals surface area contributed by atoms with Crippen LogP contribution in [-0.4, -0.2) is 54.2 Å². The van der Waals surface area contributed by atoms with Gasteiger partial charge in [0, 0.05) is 37.6 Å². The van der Waals surface area contributed by atoms with E-state index < -0.39 is 0 Å². The zero-order valence-corrected chi connectivity index (χ0v) is 12.4. The highest BCUT2D eigenvalue weighted by atomic mass is 35.5. The summed E-state index contributed by atoms with van der Waals surface area (Å²) in [6.07, 6.45) is 0.426. The van der Waals surface area contributed by atoms with Crippen LogP contribution >= 0.6 is 22.9 Å². The average Bonchev–Trinajstić information content (AvgIpc) is 2.83. The number of aliphatic hydroxyl groups is 1. The summed E-state index contributed by atoms with van der Waals surface area (Å²) >= 11 is 7.35. The molecule has 0 saturated carbocycles. The topological polar surface area (TPSA) is 26.7 Å². The molecule has 0 spiro atoms. The van der Waals surface area contributed by atoms with Gasteiger partial charge in [-0.2, -0.15) is 0 Å². The number of aliphatic hydroxyl groups excluding tert-OH is 1. The SMILES string of the molecule is CCN1CCN(CCC(O)c2ccc(Cl)s2)CC1. The number of thiophene rings is 1.